The van der Waals surface area contributed by atoms with Gasteiger partial charge in [-0.25, -0.2) is 4.98 Å². The van der Waals surface area contributed by atoms with E-state index in [-0.39, 0.29) is 12.5 Å². The van der Waals surface area contributed by atoms with Crippen LogP contribution < -0.4 is 5.32 Å². The van der Waals surface area contributed by atoms with Gasteiger partial charge in [0.05, 0.1) is 17.3 Å². The van der Waals surface area contributed by atoms with E-state index in [4.69, 9.17) is 0 Å². The SMILES string of the molecule is CNC(CCCC(F)(F)F)c1nc2ccccc2cc1Br. The minimum atomic E-state index is -4.10. The number of fused-ring (bicyclic) bond motifs is 1. The summed E-state index contributed by atoms with van der Waals surface area (Å²) < 4.78 is 37.6. The molecule has 6 heteroatoms. The average Bonchev–Trinajstić information content (AvgIpc) is 2.42. The first-order valence-corrected chi connectivity index (χ1v) is 7.49. The molecule has 0 amide bonds. The van der Waals surface area contributed by atoms with Crippen LogP contribution in [0.2, 0.25) is 0 Å². The molecule has 1 N–H and O–H groups in total. The van der Waals surface area contributed by atoms with E-state index < -0.39 is 12.6 Å². The van der Waals surface area contributed by atoms with Crippen molar-refractivity contribution < 1.29 is 13.2 Å². The van der Waals surface area contributed by atoms with Crippen molar-refractivity contribution in [2.24, 2.45) is 0 Å². The summed E-state index contributed by atoms with van der Waals surface area (Å²) in [5.74, 6) is 0. The van der Waals surface area contributed by atoms with Gasteiger partial charge >= 0.3 is 6.18 Å². The Hall–Kier alpha value is -1.14. The minimum absolute atomic E-state index is 0.0793. The third kappa shape index (κ3) is 4.41. The highest BCUT2D eigenvalue weighted by Gasteiger charge is 2.27. The molecular formula is C15H16BrF3N2. The normalized spacial score (nSPS) is 13.6. The van der Waals surface area contributed by atoms with E-state index in [0.29, 0.717) is 6.42 Å². The molecule has 1 heterocycles. The average molecular weight is 361 g/mol. The molecule has 1 aromatic heterocycles. The second kappa shape index (κ2) is 6.75. The fraction of sp³-hybridized carbons (Fsp3) is 0.400. The highest BCUT2D eigenvalue weighted by atomic mass is 79.9. The maximum atomic E-state index is 12.3. The molecule has 0 bridgehead atoms. The molecule has 2 rings (SSSR count). The Morgan fingerprint density at radius 2 is 2.00 bits per heavy atom. The molecule has 0 aliphatic heterocycles. The lowest BCUT2D eigenvalue weighted by Crippen LogP contribution is -2.19. The predicted molar refractivity (Wildman–Crippen MR) is 81.1 cm³/mol. The molecule has 1 atom stereocenters. The van der Waals surface area contributed by atoms with Crippen molar-refractivity contribution in [2.75, 3.05) is 7.05 Å². The number of alkyl halides is 3. The van der Waals surface area contributed by atoms with Gasteiger partial charge < -0.3 is 5.32 Å². The third-order valence-corrected chi connectivity index (χ3v) is 3.97. The molecule has 21 heavy (non-hydrogen) atoms. The van der Waals surface area contributed by atoms with Crippen LogP contribution in [0.15, 0.2) is 34.8 Å². The van der Waals surface area contributed by atoms with Crippen molar-refractivity contribution in [3.8, 4) is 0 Å². The summed E-state index contributed by atoms with van der Waals surface area (Å²) in [6.45, 7) is 0. The first kappa shape index (κ1) is 16.2. The highest BCUT2D eigenvalue weighted by molar-refractivity contribution is 9.10. The maximum absolute atomic E-state index is 12.3. The number of nitrogens with zero attached hydrogens (tertiary/aromatic N) is 1. The van der Waals surface area contributed by atoms with E-state index in [1.54, 1.807) is 7.05 Å². The van der Waals surface area contributed by atoms with Gasteiger partial charge in [0.25, 0.3) is 0 Å². The zero-order chi connectivity index (χ0) is 15.5. The summed E-state index contributed by atoms with van der Waals surface area (Å²) in [5.41, 5.74) is 1.59. The van der Waals surface area contributed by atoms with E-state index >= 15 is 0 Å². The fourth-order valence-corrected chi connectivity index (χ4v) is 2.89. The van der Waals surface area contributed by atoms with Crippen LogP contribution in [-0.4, -0.2) is 18.2 Å². The van der Waals surface area contributed by atoms with Gasteiger partial charge in [-0.1, -0.05) is 18.2 Å². The largest absolute Gasteiger partial charge is 0.389 e. The van der Waals surface area contributed by atoms with Gasteiger partial charge in [0, 0.05) is 16.3 Å². The smallest absolute Gasteiger partial charge is 0.312 e. The molecule has 0 aliphatic rings. The summed E-state index contributed by atoms with van der Waals surface area (Å²) >= 11 is 3.47. The quantitative estimate of drug-likeness (QED) is 0.812. The summed E-state index contributed by atoms with van der Waals surface area (Å²) in [4.78, 5) is 4.57. The van der Waals surface area contributed by atoms with Crippen LogP contribution in [0.5, 0.6) is 0 Å². The Bertz CT molecular complexity index is 613. The molecule has 0 saturated carbocycles. The van der Waals surface area contributed by atoms with Crippen LogP contribution in [-0.2, 0) is 0 Å². The van der Waals surface area contributed by atoms with Gasteiger partial charge in [-0.15, -0.1) is 0 Å². The number of hydrogen-bond acceptors (Lipinski definition) is 2. The van der Waals surface area contributed by atoms with E-state index in [9.17, 15) is 13.2 Å². The van der Waals surface area contributed by atoms with Crippen LogP contribution in [0.3, 0.4) is 0 Å². The molecule has 0 fully saturated rings. The molecule has 1 unspecified atom stereocenters. The topological polar surface area (TPSA) is 24.9 Å². The first-order valence-electron chi connectivity index (χ1n) is 6.70. The van der Waals surface area contributed by atoms with Gasteiger partial charge in [-0.05, 0) is 48.0 Å². The Balaban J connectivity index is 2.19. The van der Waals surface area contributed by atoms with Crippen LogP contribution in [0.4, 0.5) is 13.2 Å². The van der Waals surface area contributed by atoms with Gasteiger partial charge in [0.1, 0.15) is 0 Å². The molecule has 0 aliphatic carbocycles. The molecule has 114 valence electrons. The van der Waals surface area contributed by atoms with Crippen molar-refractivity contribution in [2.45, 2.75) is 31.5 Å². The van der Waals surface area contributed by atoms with Gasteiger partial charge in [0.2, 0.25) is 0 Å². The predicted octanol–water partition coefficient (Wildman–Crippen LogP) is 4.99. The standard InChI is InChI=1S/C15H16BrF3N2/c1-20-13(7-4-8-15(17,18)19)14-11(16)9-10-5-2-3-6-12(10)21-14/h2-3,5-6,9,13,20H,4,7-8H2,1H3. The van der Waals surface area contributed by atoms with Crippen LogP contribution >= 0.6 is 15.9 Å². The van der Waals surface area contributed by atoms with Crippen molar-refractivity contribution in [1.29, 1.82) is 0 Å². The first-order chi connectivity index (χ1) is 9.90. The lowest BCUT2D eigenvalue weighted by atomic mass is 10.0. The number of benzene rings is 1. The summed E-state index contributed by atoms with van der Waals surface area (Å²) in [7, 11) is 1.74. The number of nitrogens with one attached hydrogen (secondary N) is 1. The van der Waals surface area contributed by atoms with E-state index in [1.165, 1.54) is 0 Å². The van der Waals surface area contributed by atoms with Gasteiger partial charge in [0.15, 0.2) is 0 Å². The van der Waals surface area contributed by atoms with Gasteiger partial charge in [-0.3, -0.25) is 0 Å². The van der Waals surface area contributed by atoms with Crippen molar-refractivity contribution >= 4 is 26.8 Å². The van der Waals surface area contributed by atoms with Crippen molar-refractivity contribution in [1.82, 2.24) is 10.3 Å². The Morgan fingerprint density at radius 3 is 2.67 bits per heavy atom. The minimum Gasteiger partial charge on any atom is -0.312 e. The van der Waals surface area contributed by atoms with Crippen LogP contribution in [0.25, 0.3) is 10.9 Å². The van der Waals surface area contributed by atoms with Crippen LogP contribution in [0.1, 0.15) is 31.0 Å². The van der Waals surface area contributed by atoms with Crippen molar-refractivity contribution in [3.05, 3.63) is 40.5 Å². The second-order valence-corrected chi connectivity index (χ2v) is 5.75. The van der Waals surface area contributed by atoms with E-state index in [0.717, 1.165) is 21.1 Å². The number of rotatable bonds is 5. The summed E-state index contributed by atoms with van der Waals surface area (Å²) in [6.07, 6.45) is -4.40. The maximum Gasteiger partial charge on any atom is 0.389 e. The molecule has 1 aromatic carbocycles. The fourth-order valence-electron chi connectivity index (χ4n) is 2.27. The van der Waals surface area contributed by atoms with Crippen LogP contribution in [0, 0.1) is 0 Å². The summed E-state index contributed by atoms with van der Waals surface area (Å²) in [5, 5.41) is 4.05. The lowest BCUT2D eigenvalue weighted by molar-refractivity contribution is -0.135. The number of para-hydroxylation sites is 1. The third-order valence-electron chi connectivity index (χ3n) is 3.34. The number of pyridine rings is 1. The molecule has 2 aromatic rings. The van der Waals surface area contributed by atoms with Gasteiger partial charge in [-0.2, -0.15) is 13.2 Å². The highest BCUT2D eigenvalue weighted by Crippen LogP contribution is 2.30. The number of hydrogen-bond donors (Lipinski definition) is 1. The lowest BCUT2D eigenvalue weighted by Gasteiger charge is -2.18. The Morgan fingerprint density at radius 1 is 1.29 bits per heavy atom. The number of aromatic nitrogens is 1. The van der Waals surface area contributed by atoms with E-state index in [1.807, 2.05) is 30.3 Å². The second-order valence-electron chi connectivity index (χ2n) is 4.90. The molecular weight excluding hydrogens is 345 g/mol. The van der Waals surface area contributed by atoms with Crippen molar-refractivity contribution in [3.63, 3.8) is 0 Å². The van der Waals surface area contributed by atoms with E-state index in [2.05, 4.69) is 26.2 Å². The monoisotopic (exact) mass is 360 g/mol. The molecule has 0 spiro atoms. The molecule has 0 radical (unpaired) electrons. The molecule has 2 nitrogen and oxygen atoms in total. The Kier molecular flexibility index (Phi) is 5.22. The zero-order valence-electron chi connectivity index (χ0n) is 11.5. The molecule has 0 saturated heterocycles. The summed E-state index contributed by atoms with van der Waals surface area (Å²) in [6, 6.07) is 9.42. The number of halogens is 4. The zero-order valence-corrected chi connectivity index (χ0v) is 13.1. The Labute approximate surface area is 129 Å².